The van der Waals surface area contributed by atoms with Gasteiger partial charge in [0.1, 0.15) is 25.1 Å². The molecule has 4 aromatic rings. The summed E-state index contributed by atoms with van der Waals surface area (Å²) in [5.41, 5.74) is 4.61. The van der Waals surface area contributed by atoms with Crippen LogP contribution in [0.5, 0.6) is 0 Å². The molecule has 168 valence electrons. The van der Waals surface area contributed by atoms with Crippen molar-refractivity contribution in [2.24, 2.45) is 0 Å². The van der Waals surface area contributed by atoms with Gasteiger partial charge in [-0.3, -0.25) is 0 Å². The Kier molecular flexibility index (Phi) is 8.21. The van der Waals surface area contributed by atoms with Crippen LogP contribution in [-0.2, 0) is 0 Å². The van der Waals surface area contributed by atoms with E-state index >= 15 is 0 Å². The third-order valence-electron chi connectivity index (χ3n) is 5.57. The zero-order valence-electron chi connectivity index (χ0n) is 18.8. The maximum atomic E-state index is 3.72. The van der Waals surface area contributed by atoms with Crippen LogP contribution in [0.4, 0.5) is 22.7 Å². The van der Waals surface area contributed by atoms with Crippen molar-refractivity contribution in [2.75, 3.05) is 46.4 Å². The number of anilines is 4. The fraction of sp³-hybridized carbons (Fsp3) is 0.143. The number of para-hydroxylation sites is 4. The molecule has 0 aliphatic rings. The van der Waals surface area contributed by atoms with Gasteiger partial charge in [-0.05, 0) is 48.5 Å². The van der Waals surface area contributed by atoms with Crippen molar-refractivity contribution in [3.05, 3.63) is 121 Å². The van der Waals surface area contributed by atoms with Crippen LogP contribution in [0.1, 0.15) is 0 Å². The Morgan fingerprint density at radius 3 is 0.758 bits per heavy atom. The lowest BCUT2D eigenvalue weighted by atomic mass is 10.3. The SMILES string of the molecule is c1ccc(NC[P+](CNc2ccccc2)(CNc2ccccc2)CNc2ccccc2)cc1. The Balaban J connectivity index is 1.56. The molecule has 0 aliphatic carbocycles. The predicted octanol–water partition coefficient (Wildman–Crippen LogP) is 7.28. The van der Waals surface area contributed by atoms with Gasteiger partial charge in [-0.25, -0.2) is 0 Å². The number of benzene rings is 4. The fourth-order valence-electron chi connectivity index (χ4n) is 3.60. The first-order valence-corrected chi connectivity index (χ1v) is 13.9. The summed E-state index contributed by atoms with van der Waals surface area (Å²) in [5.74, 6) is 0. The zero-order chi connectivity index (χ0) is 22.6. The first kappa shape index (κ1) is 22.7. The first-order chi connectivity index (χ1) is 16.3. The van der Waals surface area contributed by atoms with Gasteiger partial charge in [-0.2, -0.15) is 0 Å². The lowest BCUT2D eigenvalue weighted by Crippen LogP contribution is -2.27. The Morgan fingerprint density at radius 2 is 0.545 bits per heavy atom. The van der Waals surface area contributed by atoms with Crippen LogP contribution in [0.3, 0.4) is 0 Å². The second kappa shape index (κ2) is 11.9. The number of rotatable bonds is 12. The third-order valence-corrected chi connectivity index (χ3v) is 8.89. The van der Waals surface area contributed by atoms with Crippen LogP contribution >= 0.6 is 7.26 Å². The van der Waals surface area contributed by atoms with Gasteiger partial charge in [-0.1, -0.05) is 72.8 Å². The Morgan fingerprint density at radius 1 is 0.333 bits per heavy atom. The molecule has 0 aliphatic heterocycles. The smallest absolute Gasteiger partial charge is 0.133 e. The molecule has 0 heterocycles. The summed E-state index contributed by atoms with van der Waals surface area (Å²) in [4.78, 5) is 0. The van der Waals surface area contributed by atoms with Crippen molar-refractivity contribution >= 4 is 30.0 Å². The minimum absolute atomic E-state index is 0.913. The molecule has 4 N–H and O–H groups in total. The monoisotopic (exact) mass is 455 g/mol. The Hall–Kier alpha value is -3.49. The van der Waals surface area contributed by atoms with E-state index in [0.717, 1.165) is 47.9 Å². The summed E-state index contributed by atoms with van der Waals surface area (Å²) in [6.07, 6.45) is 3.65. The van der Waals surface area contributed by atoms with Crippen LogP contribution in [0.2, 0.25) is 0 Å². The summed E-state index contributed by atoms with van der Waals surface area (Å²) < 4.78 is 0. The highest BCUT2D eigenvalue weighted by molar-refractivity contribution is 7.76. The third kappa shape index (κ3) is 7.27. The van der Waals surface area contributed by atoms with Crippen LogP contribution in [-0.4, -0.2) is 25.1 Å². The molecule has 0 radical (unpaired) electrons. The summed E-state index contributed by atoms with van der Waals surface area (Å²) in [7, 11) is -1.60. The molecule has 33 heavy (non-hydrogen) atoms. The van der Waals surface area contributed by atoms with Gasteiger partial charge in [0.05, 0.1) is 7.26 Å². The van der Waals surface area contributed by atoms with Crippen LogP contribution in [0.15, 0.2) is 121 Å². The van der Waals surface area contributed by atoms with E-state index in [0.29, 0.717) is 0 Å². The molecule has 4 aromatic carbocycles. The second-order valence-electron chi connectivity index (χ2n) is 8.15. The summed E-state index contributed by atoms with van der Waals surface area (Å²) >= 11 is 0. The van der Waals surface area contributed by atoms with E-state index in [1.54, 1.807) is 0 Å². The molecule has 0 saturated carbocycles. The van der Waals surface area contributed by atoms with Gasteiger partial charge >= 0.3 is 0 Å². The van der Waals surface area contributed by atoms with Crippen molar-refractivity contribution in [2.45, 2.75) is 0 Å². The minimum atomic E-state index is -1.60. The number of hydrogen-bond acceptors (Lipinski definition) is 4. The quantitative estimate of drug-likeness (QED) is 0.170. The molecule has 0 spiro atoms. The molecule has 5 heteroatoms. The van der Waals surface area contributed by atoms with Crippen molar-refractivity contribution in [1.29, 1.82) is 0 Å². The molecule has 0 amide bonds. The van der Waals surface area contributed by atoms with Gasteiger partial charge in [0.25, 0.3) is 0 Å². The maximum absolute atomic E-state index is 3.72. The molecule has 0 unspecified atom stereocenters. The van der Waals surface area contributed by atoms with Gasteiger partial charge in [0.15, 0.2) is 0 Å². The Labute approximate surface area is 197 Å². The summed E-state index contributed by atoms with van der Waals surface area (Å²) in [6, 6.07) is 41.9. The van der Waals surface area contributed by atoms with Gasteiger partial charge in [-0.15, -0.1) is 0 Å². The largest absolute Gasteiger partial charge is 0.353 e. The summed E-state index contributed by atoms with van der Waals surface area (Å²) in [6.45, 7) is 0. The van der Waals surface area contributed by atoms with Gasteiger partial charge in [0.2, 0.25) is 0 Å². The van der Waals surface area contributed by atoms with E-state index < -0.39 is 7.26 Å². The number of hydrogen-bond donors (Lipinski definition) is 4. The molecule has 4 rings (SSSR count). The highest BCUT2D eigenvalue weighted by Crippen LogP contribution is 2.57. The highest BCUT2D eigenvalue weighted by Gasteiger charge is 2.37. The van der Waals surface area contributed by atoms with Crippen molar-refractivity contribution < 1.29 is 0 Å². The topological polar surface area (TPSA) is 48.1 Å². The van der Waals surface area contributed by atoms with E-state index in [1.165, 1.54) is 0 Å². The second-order valence-corrected chi connectivity index (χ2v) is 12.1. The van der Waals surface area contributed by atoms with Crippen LogP contribution in [0, 0.1) is 0 Å². The minimum Gasteiger partial charge on any atom is -0.353 e. The molecular formula is C28H32N4P+. The average molecular weight is 456 g/mol. The lowest BCUT2D eigenvalue weighted by molar-refractivity contribution is 1.25. The molecular weight excluding hydrogens is 423 g/mol. The van der Waals surface area contributed by atoms with Crippen LogP contribution < -0.4 is 21.3 Å². The molecule has 0 atom stereocenters. The molecule has 4 nitrogen and oxygen atoms in total. The molecule has 0 bridgehead atoms. The fourth-order valence-corrected chi connectivity index (χ4v) is 6.34. The van der Waals surface area contributed by atoms with E-state index in [1.807, 2.05) is 0 Å². The normalized spacial score (nSPS) is 10.9. The number of nitrogens with one attached hydrogen (secondary N) is 4. The van der Waals surface area contributed by atoms with Crippen LogP contribution in [0.25, 0.3) is 0 Å². The zero-order valence-corrected chi connectivity index (χ0v) is 19.7. The van der Waals surface area contributed by atoms with E-state index in [4.69, 9.17) is 0 Å². The average Bonchev–Trinajstić information content (AvgIpc) is 2.90. The van der Waals surface area contributed by atoms with Crippen molar-refractivity contribution in [3.8, 4) is 0 Å². The molecule has 0 fully saturated rings. The highest BCUT2D eigenvalue weighted by atomic mass is 31.2. The maximum Gasteiger partial charge on any atom is 0.133 e. The van der Waals surface area contributed by atoms with Gasteiger partial charge < -0.3 is 21.3 Å². The predicted molar refractivity (Wildman–Crippen MR) is 147 cm³/mol. The molecule has 0 aromatic heterocycles. The van der Waals surface area contributed by atoms with E-state index in [9.17, 15) is 0 Å². The lowest BCUT2D eigenvalue weighted by Gasteiger charge is -2.29. The Bertz CT molecular complexity index is 881. The van der Waals surface area contributed by atoms with Gasteiger partial charge in [0, 0.05) is 22.7 Å². The first-order valence-electron chi connectivity index (χ1n) is 11.3. The van der Waals surface area contributed by atoms with Crippen molar-refractivity contribution in [3.63, 3.8) is 0 Å². The molecule has 0 saturated heterocycles. The standard InChI is InChI=1S/C28H32N4P/c1-5-13-25(14-6-1)29-21-33(22-30-26-15-7-2-8-16-26,23-31-27-17-9-3-10-18-27)24-32-28-19-11-4-12-20-28/h1-20,29-32H,21-24H2/q+1. The van der Waals surface area contributed by atoms with Crippen molar-refractivity contribution in [1.82, 2.24) is 0 Å². The summed E-state index contributed by atoms with van der Waals surface area (Å²) in [5, 5.41) is 14.9. The van der Waals surface area contributed by atoms with E-state index in [-0.39, 0.29) is 0 Å². The van der Waals surface area contributed by atoms with E-state index in [2.05, 4.69) is 143 Å².